The van der Waals surface area contributed by atoms with Gasteiger partial charge in [-0.05, 0) is 30.0 Å². The van der Waals surface area contributed by atoms with Crippen LogP contribution in [0, 0.1) is 0 Å². The minimum Gasteiger partial charge on any atom is -0.457 e. The fraction of sp³-hybridized carbons (Fsp3) is 0.304. The number of H-pyrrole nitrogens is 1. The largest absolute Gasteiger partial charge is 0.457 e. The summed E-state index contributed by atoms with van der Waals surface area (Å²) in [6.07, 6.45) is 1.29. The lowest BCUT2D eigenvalue weighted by Crippen LogP contribution is -2.16. The molecular formula is C23H24N2O4. The normalized spacial score (nSPS) is 11.9. The average molecular weight is 392 g/mol. The van der Waals surface area contributed by atoms with Crippen molar-refractivity contribution in [2.24, 2.45) is 0 Å². The van der Waals surface area contributed by atoms with E-state index >= 15 is 0 Å². The molecule has 29 heavy (non-hydrogen) atoms. The Morgan fingerprint density at radius 2 is 1.83 bits per heavy atom. The second kappa shape index (κ2) is 9.28. The number of aromatic nitrogens is 2. The molecule has 0 saturated carbocycles. The molecule has 1 heterocycles. The highest BCUT2D eigenvalue weighted by molar-refractivity contribution is 5.98. The molecule has 0 radical (unpaired) electrons. The zero-order valence-corrected chi connectivity index (χ0v) is 16.6. The first-order valence-corrected chi connectivity index (χ1v) is 9.74. The van der Waals surface area contributed by atoms with E-state index in [1.54, 1.807) is 36.4 Å². The number of fused-ring (bicyclic) bond motifs is 1. The third kappa shape index (κ3) is 5.16. The van der Waals surface area contributed by atoms with Gasteiger partial charge in [0.15, 0.2) is 12.4 Å². The van der Waals surface area contributed by atoms with Crippen LogP contribution < -0.4 is 5.56 Å². The van der Waals surface area contributed by atoms with E-state index in [2.05, 4.69) is 23.8 Å². The molecule has 1 atom stereocenters. The third-order valence-corrected chi connectivity index (χ3v) is 5.01. The van der Waals surface area contributed by atoms with Crippen LogP contribution in [0.25, 0.3) is 10.9 Å². The fourth-order valence-corrected chi connectivity index (χ4v) is 3.01. The van der Waals surface area contributed by atoms with Crippen molar-refractivity contribution in [2.45, 2.75) is 39.0 Å². The van der Waals surface area contributed by atoms with Crippen LogP contribution in [-0.2, 0) is 16.0 Å². The van der Waals surface area contributed by atoms with E-state index in [4.69, 9.17) is 4.74 Å². The smallest absolute Gasteiger partial charge is 0.306 e. The zero-order chi connectivity index (χ0) is 20.8. The van der Waals surface area contributed by atoms with E-state index in [9.17, 15) is 14.4 Å². The van der Waals surface area contributed by atoms with Gasteiger partial charge in [-0.3, -0.25) is 14.4 Å². The molecule has 3 aromatic rings. The number of ether oxygens (including phenoxy) is 1. The van der Waals surface area contributed by atoms with Crippen LogP contribution in [0.15, 0.2) is 53.3 Å². The number of aryl methyl sites for hydroxylation is 1. The summed E-state index contributed by atoms with van der Waals surface area (Å²) in [5.41, 5.74) is 2.04. The molecule has 0 unspecified atom stereocenters. The number of hydrogen-bond acceptors (Lipinski definition) is 5. The zero-order valence-electron chi connectivity index (χ0n) is 16.6. The Morgan fingerprint density at radius 1 is 1.10 bits per heavy atom. The highest BCUT2D eigenvalue weighted by Gasteiger charge is 2.12. The first kappa shape index (κ1) is 20.5. The lowest BCUT2D eigenvalue weighted by atomic mass is 9.97. The number of para-hydroxylation sites is 1. The van der Waals surface area contributed by atoms with Gasteiger partial charge in [0.1, 0.15) is 5.82 Å². The van der Waals surface area contributed by atoms with Gasteiger partial charge in [-0.15, -0.1) is 0 Å². The van der Waals surface area contributed by atoms with Gasteiger partial charge in [0.2, 0.25) is 0 Å². The molecule has 0 saturated heterocycles. The number of aromatic amines is 1. The quantitative estimate of drug-likeness (QED) is 0.465. The van der Waals surface area contributed by atoms with Gasteiger partial charge < -0.3 is 9.72 Å². The average Bonchev–Trinajstić information content (AvgIpc) is 2.75. The maximum Gasteiger partial charge on any atom is 0.306 e. The van der Waals surface area contributed by atoms with Gasteiger partial charge in [-0.1, -0.05) is 50.2 Å². The summed E-state index contributed by atoms with van der Waals surface area (Å²) in [4.78, 5) is 43.3. The Balaban J connectivity index is 1.52. The molecule has 0 bridgehead atoms. The standard InChI is InChI=1S/C23H24N2O4/c1-3-15(2)16-8-10-17(11-9-16)20(26)14-29-22(27)13-12-21-24-19-7-5-4-6-18(19)23(28)25-21/h4-11,15H,3,12-14H2,1-2H3,(H,24,25,28)/t15-/m0/s1. The van der Waals surface area contributed by atoms with Crippen LogP contribution in [0.3, 0.4) is 0 Å². The van der Waals surface area contributed by atoms with Crippen molar-refractivity contribution in [3.05, 3.63) is 75.8 Å². The molecule has 0 spiro atoms. The van der Waals surface area contributed by atoms with Gasteiger partial charge in [0, 0.05) is 12.0 Å². The fourth-order valence-electron chi connectivity index (χ4n) is 3.01. The minimum absolute atomic E-state index is 0.0293. The number of rotatable bonds is 8. The molecule has 6 nitrogen and oxygen atoms in total. The Bertz CT molecular complexity index is 1070. The van der Waals surface area contributed by atoms with E-state index in [1.807, 2.05) is 12.1 Å². The summed E-state index contributed by atoms with van der Waals surface area (Å²) in [5.74, 6) is 0.0985. The summed E-state index contributed by atoms with van der Waals surface area (Å²) in [7, 11) is 0. The van der Waals surface area contributed by atoms with Gasteiger partial charge in [-0.2, -0.15) is 0 Å². The van der Waals surface area contributed by atoms with E-state index in [-0.39, 0.29) is 30.8 Å². The van der Waals surface area contributed by atoms with Gasteiger partial charge in [-0.25, -0.2) is 4.98 Å². The molecule has 2 aromatic carbocycles. The van der Waals surface area contributed by atoms with Crippen LogP contribution in [0.1, 0.15) is 54.4 Å². The van der Waals surface area contributed by atoms with Gasteiger partial charge >= 0.3 is 5.97 Å². The Hall–Kier alpha value is -3.28. The van der Waals surface area contributed by atoms with Crippen molar-refractivity contribution in [3.63, 3.8) is 0 Å². The van der Waals surface area contributed by atoms with E-state index in [0.29, 0.717) is 28.2 Å². The van der Waals surface area contributed by atoms with Crippen molar-refractivity contribution >= 4 is 22.7 Å². The van der Waals surface area contributed by atoms with Gasteiger partial charge in [0.05, 0.1) is 17.3 Å². The second-order valence-electron chi connectivity index (χ2n) is 7.04. The Kier molecular flexibility index (Phi) is 6.54. The molecule has 150 valence electrons. The number of nitrogens with one attached hydrogen (secondary N) is 1. The summed E-state index contributed by atoms with van der Waals surface area (Å²) in [5, 5.41) is 0.503. The van der Waals surface area contributed by atoms with Crippen molar-refractivity contribution in [1.29, 1.82) is 0 Å². The van der Waals surface area contributed by atoms with Crippen molar-refractivity contribution in [3.8, 4) is 0 Å². The summed E-state index contributed by atoms with van der Waals surface area (Å²) in [6, 6.07) is 14.4. The lowest BCUT2D eigenvalue weighted by Gasteiger charge is -2.09. The van der Waals surface area contributed by atoms with E-state index < -0.39 is 5.97 Å². The number of ketones is 1. The van der Waals surface area contributed by atoms with Gasteiger partial charge in [0.25, 0.3) is 5.56 Å². The highest BCUT2D eigenvalue weighted by atomic mass is 16.5. The molecule has 0 aliphatic heterocycles. The molecular weight excluding hydrogens is 368 g/mol. The number of Topliss-reactive ketones (excluding diaryl/α,β-unsaturated/α-hetero) is 1. The lowest BCUT2D eigenvalue weighted by molar-refractivity contribution is -0.142. The maximum atomic E-state index is 12.2. The SMILES string of the molecule is CC[C@H](C)c1ccc(C(=O)COC(=O)CCc2nc3ccccc3c(=O)[nH]2)cc1. The van der Waals surface area contributed by atoms with Crippen LogP contribution in [0.5, 0.6) is 0 Å². The van der Waals surface area contributed by atoms with E-state index in [1.165, 1.54) is 5.56 Å². The number of carbonyl (C=O) groups excluding carboxylic acids is 2. The Morgan fingerprint density at radius 3 is 2.55 bits per heavy atom. The number of benzene rings is 2. The van der Waals surface area contributed by atoms with Crippen LogP contribution in [0.4, 0.5) is 0 Å². The predicted molar refractivity (Wildman–Crippen MR) is 111 cm³/mol. The highest BCUT2D eigenvalue weighted by Crippen LogP contribution is 2.19. The van der Waals surface area contributed by atoms with Crippen molar-refractivity contribution in [2.75, 3.05) is 6.61 Å². The molecule has 1 aromatic heterocycles. The van der Waals surface area contributed by atoms with Crippen LogP contribution >= 0.6 is 0 Å². The maximum absolute atomic E-state index is 12.2. The first-order valence-electron chi connectivity index (χ1n) is 9.74. The molecule has 3 rings (SSSR count). The van der Waals surface area contributed by atoms with Crippen molar-refractivity contribution < 1.29 is 14.3 Å². The summed E-state index contributed by atoms with van der Waals surface area (Å²) >= 11 is 0. The topological polar surface area (TPSA) is 89.1 Å². The van der Waals surface area contributed by atoms with Crippen LogP contribution in [-0.4, -0.2) is 28.3 Å². The molecule has 6 heteroatoms. The molecule has 0 fully saturated rings. The summed E-state index contributed by atoms with van der Waals surface area (Å²) < 4.78 is 5.09. The second-order valence-corrected chi connectivity index (χ2v) is 7.04. The first-order chi connectivity index (χ1) is 14.0. The Labute approximate surface area is 168 Å². The number of esters is 1. The number of hydrogen-bond donors (Lipinski definition) is 1. The molecule has 0 aliphatic rings. The minimum atomic E-state index is -0.509. The van der Waals surface area contributed by atoms with E-state index in [0.717, 1.165) is 6.42 Å². The number of carbonyl (C=O) groups is 2. The molecule has 0 amide bonds. The third-order valence-electron chi connectivity index (χ3n) is 5.01. The molecule has 1 N–H and O–H groups in total. The number of nitrogens with zero attached hydrogens (tertiary/aromatic N) is 1. The monoisotopic (exact) mass is 392 g/mol. The molecule has 0 aliphatic carbocycles. The van der Waals surface area contributed by atoms with Crippen LogP contribution in [0.2, 0.25) is 0 Å². The summed E-state index contributed by atoms with van der Waals surface area (Å²) in [6.45, 7) is 3.95. The predicted octanol–water partition coefficient (Wildman–Crippen LogP) is 3.80. The van der Waals surface area contributed by atoms with Crippen molar-refractivity contribution in [1.82, 2.24) is 9.97 Å².